The SMILES string of the molecule is C=C/C=C/[C@@H](O)CC(=C)C[C@H]1O[C@@H]([C@H](O)[C@@]2(O)C[C@H](O)[C@@H](C)[C@@H](CCCCOCc3ccccc3)O2)[C@H](C)[C@@H](O)[C@@H]1O. The lowest BCUT2D eigenvalue weighted by Crippen LogP contribution is -2.65. The third-order valence-corrected chi connectivity index (χ3v) is 8.54. The number of rotatable bonds is 15. The molecular formula is C33H50O9. The Balaban J connectivity index is 1.58. The highest BCUT2D eigenvalue weighted by Crippen LogP contribution is 2.40. The normalized spacial score (nSPS) is 35.1. The van der Waals surface area contributed by atoms with Gasteiger partial charge in [0.2, 0.25) is 0 Å². The van der Waals surface area contributed by atoms with Crippen molar-refractivity contribution in [2.24, 2.45) is 11.8 Å². The molecule has 2 aliphatic rings. The van der Waals surface area contributed by atoms with Crippen molar-refractivity contribution in [3.63, 3.8) is 0 Å². The maximum atomic E-state index is 11.5. The van der Waals surface area contributed by atoms with E-state index >= 15 is 0 Å². The van der Waals surface area contributed by atoms with Gasteiger partial charge < -0.3 is 44.8 Å². The number of hydrogen-bond donors (Lipinski definition) is 6. The summed E-state index contributed by atoms with van der Waals surface area (Å²) in [5, 5.41) is 65.4. The molecule has 236 valence electrons. The van der Waals surface area contributed by atoms with Crippen LogP contribution in [-0.2, 0) is 20.8 Å². The van der Waals surface area contributed by atoms with Crippen molar-refractivity contribution in [2.75, 3.05) is 6.61 Å². The molecule has 0 saturated carbocycles. The molecule has 9 nitrogen and oxygen atoms in total. The summed E-state index contributed by atoms with van der Waals surface area (Å²) in [7, 11) is 0. The molecule has 11 atom stereocenters. The molecule has 0 bridgehead atoms. The standard InChI is InChI=1S/C33H50O9/c1-5-6-14-25(34)17-21(2)18-28-30(37)29(36)23(4)31(41-28)32(38)33(39)19-26(35)22(3)27(42-33)15-10-11-16-40-20-24-12-8-7-9-13-24/h5-9,12-14,22-23,25-32,34-39H,1-2,10-11,15-20H2,3-4H3/b14-6+/t22-,23-,25-,26+,27-,28-,29-,30-,31-,32+,33-/m1/s1. The Kier molecular flexibility index (Phi) is 13.4. The van der Waals surface area contributed by atoms with Crippen LogP contribution in [0.1, 0.15) is 57.9 Å². The lowest BCUT2D eigenvalue weighted by Gasteiger charge is -2.50. The summed E-state index contributed by atoms with van der Waals surface area (Å²) in [6.07, 6.45) is -1.46. The molecule has 0 aromatic heterocycles. The highest BCUT2D eigenvalue weighted by molar-refractivity contribution is 5.13. The fourth-order valence-electron chi connectivity index (χ4n) is 5.83. The van der Waals surface area contributed by atoms with Crippen LogP contribution in [0.25, 0.3) is 0 Å². The number of hydrogen-bond acceptors (Lipinski definition) is 9. The van der Waals surface area contributed by atoms with E-state index in [1.165, 1.54) is 0 Å². The molecule has 1 aromatic carbocycles. The van der Waals surface area contributed by atoms with Crippen LogP contribution in [0.15, 0.2) is 67.3 Å². The molecule has 2 saturated heterocycles. The largest absolute Gasteiger partial charge is 0.393 e. The van der Waals surface area contributed by atoms with E-state index in [1.807, 2.05) is 37.3 Å². The minimum absolute atomic E-state index is 0.126. The molecular weight excluding hydrogens is 540 g/mol. The van der Waals surface area contributed by atoms with Crippen molar-refractivity contribution in [3.05, 3.63) is 72.9 Å². The summed E-state index contributed by atoms with van der Waals surface area (Å²) in [6, 6.07) is 9.91. The Morgan fingerprint density at radius 1 is 1.07 bits per heavy atom. The van der Waals surface area contributed by atoms with Gasteiger partial charge in [-0.2, -0.15) is 0 Å². The molecule has 0 radical (unpaired) electrons. The van der Waals surface area contributed by atoms with Gasteiger partial charge in [0, 0.05) is 24.9 Å². The molecule has 0 unspecified atom stereocenters. The molecule has 6 N–H and O–H groups in total. The van der Waals surface area contributed by atoms with Crippen LogP contribution in [0.2, 0.25) is 0 Å². The van der Waals surface area contributed by atoms with Gasteiger partial charge in [-0.15, -0.1) is 0 Å². The van der Waals surface area contributed by atoms with E-state index in [1.54, 1.807) is 25.2 Å². The van der Waals surface area contributed by atoms with Gasteiger partial charge in [0.05, 0.1) is 43.2 Å². The number of aliphatic hydroxyl groups is 6. The maximum absolute atomic E-state index is 11.5. The molecule has 2 aliphatic heterocycles. The summed E-state index contributed by atoms with van der Waals surface area (Å²) in [5.41, 5.74) is 1.69. The fraction of sp³-hybridized carbons (Fsp3) is 0.636. The lowest BCUT2D eigenvalue weighted by atomic mass is 9.78. The van der Waals surface area contributed by atoms with Gasteiger partial charge in [0.25, 0.3) is 0 Å². The average molecular weight is 591 g/mol. The number of aliphatic hydroxyl groups excluding tert-OH is 5. The first-order chi connectivity index (χ1) is 20.0. The van der Waals surface area contributed by atoms with E-state index in [9.17, 15) is 30.6 Å². The quantitative estimate of drug-likeness (QED) is 0.103. The van der Waals surface area contributed by atoms with Crippen LogP contribution in [0.4, 0.5) is 0 Å². The van der Waals surface area contributed by atoms with Gasteiger partial charge in [-0.05, 0) is 37.7 Å². The predicted molar refractivity (Wildman–Crippen MR) is 159 cm³/mol. The molecule has 0 amide bonds. The predicted octanol–water partition coefficient (Wildman–Crippen LogP) is 2.77. The van der Waals surface area contributed by atoms with Gasteiger partial charge in [-0.25, -0.2) is 0 Å². The molecule has 0 spiro atoms. The van der Waals surface area contributed by atoms with Gasteiger partial charge in [0.15, 0.2) is 5.79 Å². The minimum atomic E-state index is -2.12. The van der Waals surface area contributed by atoms with Crippen LogP contribution in [-0.4, -0.2) is 91.9 Å². The Morgan fingerprint density at radius 2 is 1.79 bits per heavy atom. The molecule has 9 heteroatoms. The Morgan fingerprint density at radius 3 is 2.48 bits per heavy atom. The molecule has 1 aromatic rings. The van der Waals surface area contributed by atoms with Crippen molar-refractivity contribution < 1.29 is 44.8 Å². The first-order valence-corrected chi connectivity index (χ1v) is 15.0. The monoisotopic (exact) mass is 590 g/mol. The number of benzene rings is 1. The van der Waals surface area contributed by atoms with Crippen LogP contribution < -0.4 is 0 Å². The van der Waals surface area contributed by atoms with Gasteiger partial charge in [-0.1, -0.05) is 81.1 Å². The average Bonchev–Trinajstić information content (AvgIpc) is 2.96. The number of unbranched alkanes of at least 4 members (excludes halogenated alkanes) is 1. The smallest absolute Gasteiger partial charge is 0.197 e. The van der Waals surface area contributed by atoms with Gasteiger partial charge >= 0.3 is 0 Å². The molecule has 42 heavy (non-hydrogen) atoms. The molecule has 2 heterocycles. The third kappa shape index (κ3) is 9.29. The summed E-state index contributed by atoms with van der Waals surface area (Å²) in [5.74, 6) is -3.13. The molecule has 0 aliphatic carbocycles. The second kappa shape index (κ2) is 16.2. The zero-order valence-corrected chi connectivity index (χ0v) is 24.9. The Labute approximate surface area is 249 Å². The summed E-state index contributed by atoms with van der Waals surface area (Å²) in [4.78, 5) is 0. The Bertz CT molecular complexity index is 1000. The summed E-state index contributed by atoms with van der Waals surface area (Å²) >= 11 is 0. The number of ether oxygens (including phenoxy) is 3. The van der Waals surface area contributed by atoms with Crippen LogP contribution in [0, 0.1) is 11.8 Å². The van der Waals surface area contributed by atoms with Crippen molar-refractivity contribution in [2.45, 2.75) is 114 Å². The van der Waals surface area contributed by atoms with Gasteiger partial charge in [-0.3, -0.25) is 0 Å². The number of allylic oxidation sites excluding steroid dienone is 2. The Hall–Kier alpha value is -1.92. The first kappa shape index (κ1) is 34.6. The van der Waals surface area contributed by atoms with Crippen molar-refractivity contribution >= 4 is 0 Å². The van der Waals surface area contributed by atoms with Crippen LogP contribution in [0.5, 0.6) is 0 Å². The van der Waals surface area contributed by atoms with E-state index < -0.39 is 60.5 Å². The molecule has 2 fully saturated rings. The topological polar surface area (TPSA) is 149 Å². The van der Waals surface area contributed by atoms with E-state index in [4.69, 9.17) is 14.2 Å². The van der Waals surface area contributed by atoms with E-state index in [0.717, 1.165) is 18.4 Å². The zero-order valence-electron chi connectivity index (χ0n) is 24.9. The highest BCUT2D eigenvalue weighted by atomic mass is 16.7. The van der Waals surface area contributed by atoms with Crippen molar-refractivity contribution in [1.29, 1.82) is 0 Å². The summed E-state index contributed by atoms with van der Waals surface area (Å²) < 4.78 is 17.9. The lowest BCUT2D eigenvalue weighted by molar-refractivity contribution is -0.350. The van der Waals surface area contributed by atoms with E-state index in [0.29, 0.717) is 25.2 Å². The second-order valence-electron chi connectivity index (χ2n) is 11.9. The zero-order chi connectivity index (χ0) is 30.9. The first-order valence-electron chi connectivity index (χ1n) is 15.0. The van der Waals surface area contributed by atoms with Crippen LogP contribution in [0.3, 0.4) is 0 Å². The van der Waals surface area contributed by atoms with E-state index in [2.05, 4.69) is 13.2 Å². The minimum Gasteiger partial charge on any atom is -0.393 e. The molecule has 3 rings (SSSR count). The van der Waals surface area contributed by atoms with Crippen LogP contribution >= 0.6 is 0 Å². The maximum Gasteiger partial charge on any atom is 0.197 e. The van der Waals surface area contributed by atoms with Gasteiger partial charge in [0.1, 0.15) is 12.2 Å². The second-order valence-corrected chi connectivity index (χ2v) is 11.9. The highest BCUT2D eigenvalue weighted by Gasteiger charge is 2.55. The van der Waals surface area contributed by atoms with E-state index in [-0.39, 0.29) is 25.2 Å². The third-order valence-electron chi connectivity index (χ3n) is 8.54. The van der Waals surface area contributed by atoms with Crippen molar-refractivity contribution in [3.8, 4) is 0 Å². The fourth-order valence-corrected chi connectivity index (χ4v) is 5.83. The van der Waals surface area contributed by atoms with Crippen molar-refractivity contribution in [1.82, 2.24) is 0 Å². The summed E-state index contributed by atoms with van der Waals surface area (Å²) in [6.45, 7) is 12.1.